The first-order valence-electron chi connectivity index (χ1n) is 6.48. The van der Waals surface area contributed by atoms with E-state index in [0.717, 1.165) is 12.1 Å². The summed E-state index contributed by atoms with van der Waals surface area (Å²) in [4.78, 5) is 12.1. The largest absolute Gasteiger partial charge is 0.384 e. The Labute approximate surface area is 116 Å². The predicted octanol–water partition coefficient (Wildman–Crippen LogP) is 1.15. The van der Waals surface area contributed by atoms with E-state index in [2.05, 4.69) is 10.6 Å². The summed E-state index contributed by atoms with van der Waals surface area (Å²) in [5.74, 6) is 0.491. The lowest BCUT2D eigenvalue weighted by Crippen LogP contribution is -2.43. The van der Waals surface area contributed by atoms with Crippen LogP contribution in [-0.2, 0) is 22.0 Å². The lowest BCUT2D eigenvalue weighted by atomic mass is 9.93. The van der Waals surface area contributed by atoms with Crippen molar-refractivity contribution in [1.29, 1.82) is 0 Å². The second-order valence-electron chi connectivity index (χ2n) is 5.09. The van der Waals surface area contributed by atoms with Crippen molar-refractivity contribution in [3.05, 3.63) is 29.8 Å². The van der Waals surface area contributed by atoms with Crippen molar-refractivity contribution in [3.63, 3.8) is 0 Å². The summed E-state index contributed by atoms with van der Waals surface area (Å²) in [6, 6.07) is 8.02. The molecule has 0 spiro atoms. The van der Waals surface area contributed by atoms with Gasteiger partial charge in [0.05, 0.1) is 5.92 Å². The van der Waals surface area contributed by atoms with Gasteiger partial charge in [0.15, 0.2) is 0 Å². The molecular weight excluding hydrogens is 260 g/mol. The molecule has 1 aliphatic heterocycles. The summed E-state index contributed by atoms with van der Waals surface area (Å²) in [5, 5.41) is 6.23. The highest BCUT2D eigenvalue weighted by Crippen LogP contribution is 2.24. The molecule has 1 amide bonds. The van der Waals surface area contributed by atoms with Crippen LogP contribution in [0.25, 0.3) is 0 Å². The van der Waals surface area contributed by atoms with Crippen molar-refractivity contribution in [2.24, 2.45) is 5.92 Å². The number of amides is 1. The molecule has 1 heterocycles. The average Bonchev–Trinajstić information content (AvgIpc) is 2.37. The van der Waals surface area contributed by atoms with Crippen LogP contribution in [0.2, 0.25) is 0 Å². The van der Waals surface area contributed by atoms with E-state index < -0.39 is 10.8 Å². The van der Waals surface area contributed by atoms with Crippen LogP contribution in [0.1, 0.15) is 12.5 Å². The lowest BCUT2D eigenvalue weighted by Gasteiger charge is -2.26. The first-order valence-corrected chi connectivity index (χ1v) is 8.21. The maximum atomic E-state index is 12.1. The van der Waals surface area contributed by atoms with Crippen LogP contribution in [0, 0.1) is 5.92 Å². The van der Waals surface area contributed by atoms with Crippen LogP contribution in [0.15, 0.2) is 24.3 Å². The minimum Gasteiger partial charge on any atom is -0.384 e. The van der Waals surface area contributed by atoms with Gasteiger partial charge in [-0.1, -0.05) is 18.2 Å². The van der Waals surface area contributed by atoms with Gasteiger partial charge in [0.1, 0.15) is 0 Å². The molecule has 5 heteroatoms. The molecule has 0 radical (unpaired) electrons. The summed E-state index contributed by atoms with van der Waals surface area (Å²) < 4.78 is 11.1. The van der Waals surface area contributed by atoms with Crippen LogP contribution in [0.5, 0.6) is 0 Å². The van der Waals surface area contributed by atoms with Crippen molar-refractivity contribution in [1.82, 2.24) is 5.32 Å². The number of rotatable bonds is 4. The summed E-state index contributed by atoms with van der Waals surface area (Å²) in [5.41, 5.74) is 2.30. The smallest absolute Gasteiger partial charge is 0.225 e. The Morgan fingerprint density at radius 2 is 2.26 bits per heavy atom. The van der Waals surface area contributed by atoms with Crippen molar-refractivity contribution >= 4 is 22.4 Å². The Hall–Kier alpha value is -1.36. The third-order valence-electron chi connectivity index (χ3n) is 3.27. The minimum atomic E-state index is -0.884. The Balaban J connectivity index is 1.93. The van der Waals surface area contributed by atoms with Gasteiger partial charge in [-0.05, 0) is 25.0 Å². The molecule has 104 valence electrons. The SMILES string of the molecule is CC(CS(C)=O)NC(=O)C1CNc2ccccc2C1. The van der Waals surface area contributed by atoms with Gasteiger partial charge < -0.3 is 10.6 Å². The Morgan fingerprint density at radius 1 is 1.53 bits per heavy atom. The van der Waals surface area contributed by atoms with E-state index >= 15 is 0 Å². The fourth-order valence-corrected chi connectivity index (χ4v) is 3.17. The van der Waals surface area contributed by atoms with E-state index in [-0.39, 0.29) is 17.9 Å². The summed E-state index contributed by atoms with van der Waals surface area (Å²) in [7, 11) is -0.884. The zero-order chi connectivity index (χ0) is 13.8. The van der Waals surface area contributed by atoms with Crippen LogP contribution in [-0.4, -0.2) is 34.7 Å². The second-order valence-corrected chi connectivity index (χ2v) is 6.57. The summed E-state index contributed by atoms with van der Waals surface area (Å²) >= 11 is 0. The number of carbonyl (C=O) groups is 1. The van der Waals surface area contributed by atoms with Gasteiger partial charge in [-0.3, -0.25) is 9.00 Å². The molecule has 3 atom stereocenters. The highest BCUT2D eigenvalue weighted by atomic mass is 32.2. The third-order valence-corrected chi connectivity index (χ3v) is 4.24. The number of hydrogen-bond donors (Lipinski definition) is 2. The van der Waals surface area contributed by atoms with Crippen molar-refractivity contribution in [3.8, 4) is 0 Å². The van der Waals surface area contributed by atoms with Crippen LogP contribution in [0.3, 0.4) is 0 Å². The molecule has 2 rings (SSSR count). The topological polar surface area (TPSA) is 58.2 Å². The standard InChI is InChI=1S/C14H20N2O2S/c1-10(9-19(2)18)16-14(17)12-7-11-5-3-4-6-13(11)15-8-12/h3-6,10,12,15H,7-9H2,1-2H3,(H,16,17). The van der Waals surface area contributed by atoms with Crippen molar-refractivity contribution < 1.29 is 9.00 Å². The second kappa shape index (κ2) is 6.19. The quantitative estimate of drug-likeness (QED) is 0.870. The molecule has 4 nitrogen and oxygen atoms in total. The van der Waals surface area contributed by atoms with Crippen molar-refractivity contribution in [2.75, 3.05) is 23.9 Å². The Bertz CT molecular complexity index is 490. The average molecular weight is 280 g/mol. The Kier molecular flexibility index (Phi) is 4.58. The van der Waals surface area contributed by atoms with Crippen LogP contribution < -0.4 is 10.6 Å². The van der Waals surface area contributed by atoms with Gasteiger partial charge in [0.2, 0.25) is 5.91 Å². The van der Waals surface area contributed by atoms with Gasteiger partial charge >= 0.3 is 0 Å². The van der Waals surface area contributed by atoms with E-state index in [1.807, 2.05) is 31.2 Å². The fourth-order valence-electron chi connectivity index (χ4n) is 2.38. The molecule has 19 heavy (non-hydrogen) atoms. The maximum Gasteiger partial charge on any atom is 0.225 e. The van der Waals surface area contributed by atoms with Crippen molar-refractivity contribution in [2.45, 2.75) is 19.4 Å². The molecule has 0 aliphatic carbocycles. The molecule has 0 saturated carbocycles. The molecule has 0 fully saturated rings. The minimum absolute atomic E-state index is 0.0416. The van der Waals surface area contributed by atoms with E-state index in [1.165, 1.54) is 5.56 Å². The molecule has 0 aromatic heterocycles. The fraction of sp³-hybridized carbons (Fsp3) is 0.500. The zero-order valence-corrected chi connectivity index (χ0v) is 12.1. The Morgan fingerprint density at radius 3 is 3.00 bits per heavy atom. The van der Waals surface area contributed by atoms with Gasteiger partial charge in [-0.25, -0.2) is 0 Å². The summed E-state index contributed by atoms with van der Waals surface area (Å²) in [6.07, 6.45) is 2.41. The molecular formula is C14H20N2O2S. The number of nitrogens with one attached hydrogen (secondary N) is 2. The van der Waals surface area contributed by atoms with Crippen LogP contribution in [0.4, 0.5) is 5.69 Å². The van der Waals surface area contributed by atoms with Gasteiger partial charge in [0.25, 0.3) is 0 Å². The number of hydrogen-bond acceptors (Lipinski definition) is 3. The third kappa shape index (κ3) is 3.80. The van der Waals surface area contributed by atoms with Crippen LogP contribution >= 0.6 is 0 Å². The normalized spacial score (nSPS) is 20.8. The highest BCUT2D eigenvalue weighted by Gasteiger charge is 2.25. The number of fused-ring (bicyclic) bond motifs is 1. The van der Waals surface area contributed by atoms with E-state index in [1.54, 1.807) is 6.26 Å². The lowest BCUT2D eigenvalue weighted by molar-refractivity contribution is -0.125. The molecule has 1 aromatic rings. The first kappa shape index (κ1) is 14.1. The zero-order valence-electron chi connectivity index (χ0n) is 11.3. The number of para-hydroxylation sites is 1. The number of anilines is 1. The molecule has 0 bridgehead atoms. The molecule has 3 unspecified atom stereocenters. The van der Waals surface area contributed by atoms with Gasteiger partial charge in [0, 0.05) is 41.1 Å². The van der Waals surface area contributed by atoms with Gasteiger partial charge in [-0.15, -0.1) is 0 Å². The number of benzene rings is 1. The molecule has 1 aliphatic rings. The van der Waals surface area contributed by atoms with E-state index in [0.29, 0.717) is 12.3 Å². The van der Waals surface area contributed by atoms with E-state index in [4.69, 9.17) is 0 Å². The monoisotopic (exact) mass is 280 g/mol. The number of carbonyl (C=O) groups excluding carboxylic acids is 1. The van der Waals surface area contributed by atoms with E-state index in [9.17, 15) is 9.00 Å². The summed E-state index contributed by atoms with van der Waals surface area (Å²) in [6.45, 7) is 2.55. The van der Waals surface area contributed by atoms with Gasteiger partial charge in [-0.2, -0.15) is 0 Å². The highest BCUT2D eigenvalue weighted by molar-refractivity contribution is 7.84. The molecule has 1 aromatic carbocycles. The maximum absolute atomic E-state index is 12.1. The molecule has 2 N–H and O–H groups in total. The first-order chi connectivity index (χ1) is 9.06. The predicted molar refractivity (Wildman–Crippen MR) is 78.7 cm³/mol. The molecule has 0 saturated heterocycles.